The van der Waals surface area contributed by atoms with Crippen LogP contribution in [0.25, 0.3) is 6.08 Å². The number of rotatable bonds is 3. The van der Waals surface area contributed by atoms with E-state index in [0.29, 0.717) is 11.5 Å². The zero-order valence-corrected chi connectivity index (χ0v) is 18.9. The Labute approximate surface area is 179 Å². The van der Waals surface area contributed by atoms with Gasteiger partial charge in [-0.25, -0.2) is 0 Å². The summed E-state index contributed by atoms with van der Waals surface area (Å²) in [6.45, 7) is 14.2. The van der Waals surface area contributed by atoms with Crippen molar-refractivity contribution in [2.24, 2.45) is 5.10 Å². The van der Waals surface area contributed by atoms with Crippen molar-refractivity contribution < 1.29 is 4.79 Å². The van der Waals surface area contributed by atoms with Gasteiger partial charge in [-0.05, 0) is 94.0 Å². The summed E-state index contributed by atoms with van der Waals surface area (Å²) >= 11 is 0. The van der Waals surface area contributed by atoms with E-state index in [0.717, 1.165) is 29.9 Å². The maximum Gasteiger partial charge on any atom is 0.280 e. The van der Waals surface area contributed by atoms with Crippen LogP contribution < -0.4 is 9.91 Å². The van der Waals surface area contributed by atoms with E-state index in [9.17, 15) is 4.79 Å². The number of carbonyl (C=O) groups excluding carboxylic acids is 1. The number of hydrazone groups is 1. The Morgan fingerprint density at radius 1 is 1.17 bits per heavy atom. The molecule has 156 valence electrons. The van der Waals surface area contributed by atoms with Gasteiger partial charge in [-0.3, -0.25) is 4.79 Å². The first kappa shape index (κ1) is 20.4. The van der Waals surface area contributed by atoms with Crippen LogP contribution in [0.3, 0.4) is 0 Å². The maximum atomic E-state index is 13.1. The molecule has 0 saturated heterocycles. The van der Waals surface area contributed by atoms with Crippen LogP contribution in [0.4, 0.5) is 11.4 Å². The minimum Gasteiger partial charge on any atom is -0.366 e. The number of anilines is 2. The third-order valence-corrected chi connectivity index (χ3v) is 6.45. The van der Waals surface area contributed by atoms with Gasteiger partial charge in [0.2, 0.25) is 0 Å². The number of aryl methyl sites for hydroxylation is 1. The molecule has 0 unspecified atom stereocenters. The highest BCUT2D eigenvalue weighted by atomic mass is 16.2. The van der Waals surface area contributed by atoms with E-state index in [4.69, 9.17) is 0 Å². The highest BCUT2D eigenvalue weighted by Gasteiger charge is 2.36. The Morgan fingerprint density at radius 3 is 2.53 bits per heavy atom. The molecule has 30 heavy (non-hydrogen) atoms. The van der Waals surface area contributed by atoms with Crippen molar-refractivity contribution in [1.82, 2.24) is 0 Å². The van der Waals surface area contributed by atoms with Gasteiger partial charge in [0.05, 0.1) is 17.0 Å². The van der Waals surface area contributed by atoms with E-state index in [2.05, 4.69) is 56.8 Å². The van der Waals surface area contributed by atoms with Crippen molar-refractivity contribution in [2.45, 2.75) is 59.4 Å². The van der Waals surface area contributed by atoms with Crippen LogP contribution in [0.1, 0.15) is 63.6 Å². The SMILES string of the molecule is CCN1c2cc(C)c(/C=C3/C(=O)N(c4ccccc4)N=C3C)cc2[C@H](C)CC1(C)C. The predicted octanol–water partition coefficient (Wildman–Crippen LogP) is 5.91. The lowest BCUT2D eigenvalue weighted by molar-refractivity contribution is -0.114. The lowest BCUT2D eigenvalue weighted by Gasteiger charge is -2.47. The molecule has 2 aliphatic heterocycles. The highest BCUT2D eigenvalue weighted by molar-refractivity contribution is 6.32. The molecule has 0 saturated carbocycles. The summed E-state index contributed by atoms with van der Waals surface area (Å²) in [6.07, 6.45) is 3.14. The zero-order valence-electron chi connectivity index (χ0n) is 18.9. The third-order valence-electron chi connectivity index (χ3n) is 6.45. The minimum atomic E-state index is -0.0693. The van der Waals surface area contributed by atoms with Crippen LogP contribution >= 0.6 is 0 Å². The molecule has 2 aliphatic rings. The number of benzene rings is 2. The van der Waals surface area contributed by atoms with Crippen molar-refractivity contribution in [3.63, 3.8) is 0 Å². The van der Waals surface area contributed by atoms with Crippen molar-refractivity contribution >= 4 is 29.1 Å². The fraction of sp³-hybridized carbons (Fsp3) is 0.385. The van der Waals surface area contributed by atoms with Gasteiger partial charge in [-0.1, -0.05) is 25.1 Å². The van der Waals surface area contributed by atoms with E-state index in [-0.39, 0.29) is 11.4 Å². The monoisotopic (exact) mass is 401 g/mol. The summed E-state index contributed by atoms with van der Waals surface area (Å²) in [7, 11) is 0. The van der Waals surface area contributed by atoms with E-state index >= 15 is 0 Å². The predicted molar refractivity (Wildman–Crippen MR) is 126 cm³/mol. The molecule has 0 aliphatic carbocycles. The molecule has 0 radical (unpaired) electrons. The normalized spacial score (nSPS) is 21.8. The first-order chi connectivity index (χ1) is 14.2. The van der Waals surface area contributed by atoms with E-state index in [1.165, 1.54) is 21.8 Å². The topological polar surface area (TPSA) is 35.9 Å². The number of hydrogen-bond donors (Lipinski definition) is 0. The molecule has 0 fully saturated rings. The fourth-order valence-corrected chi connectivity index (χ4v) is 4.99. The molecular weight excluding hydrogens is 370 g/mol. The molecule has 1 amide bonds. The van der Waals surface area contributed by atoms with Crippen molar-refractivity contribution in [3.05, 3.63) is 64.7 Å². The second-order valence-electron chi connectivity index (χ2n) is 9.13. The van der Waals surface area contributed by atoms with Gasteiger partial charge in [0.25, 0.3) is 5.91 Å². The number of hydrogen-bond acceptors (Lipinski definition) is 3. The standard InChI is InChI=1S/C26H31N3O/c1-7-28-24-13-17(2)20(14-22(24)18(3)16-26(28,5)6)15-23-19(4)27-29(25(23)30)21-11-9-8-10-12-21/h8-15,18H,7,16H2,1-6H3/b23-15+/t18-/m1/s1. The van der Waals surface area contributed by atoms with Crippen molar-refractivity contribution in [1.29, 1.82) is 0 Å². The average Bonchev–Trinajstić information content (AvgIpc) is 2.97. The summed E-state index contributed by atoms with van der Waals surface area (Å²) in [5.41, 5.74) is 7.34. The molecule has 2 aromatic carbocycles. The Kier molecular flexibility index (Phi) is 5.05. The highest BCUT2D eigenvalue weighted by Crippen LogP contribution is 2.44. The van der Waals surface area contributed by atoms with Crippen molar-refractivity contribution in [3.8, 4) is 0 Å². The smallest absolute Gasteiger partial charge is 0.280 e. The molecule has 2 heterocycles. The Morgan fingerprint density at radius 2 is 1.87 bits per heavy atom. The van der Waals surface area contributed by atoms with Gasteiger partial charge in [0.1, 0.15) is 0 Å². The van der Waals surface area contributed by atoms with Gasteiger partial charge in [-0.15, -0.1) is 0 Å². The van der Waals surface area contributed by atoms with Gasteiger partial charge in [0.15, 0.2) is 0 Å². The largest absolute Gasteiger partial charge is 0.366 e. The maximum absolute atomic E-state index is 13.1. The molecule has 4 rings (SSSR count). The first-order valence-electron chi connectivity index (χ1n) is 10.8. The van der Waals surface area contributed by atoms with Crippen LogP contribution in [0.15, 0.2) is 53.1 Å². The Balaban J connectivity index is 1.74. The quantitative estimate of drug-likeness (QED) is 0.599. The Hall–Kier alpha value is -2.88. The van der Waals surface area contributed by atoms with Crippen molar-refractivity contribution in [2.75, 3.05) is 16.5 Å². The molecule has 0 spiro atoms. The number of fused-ring (bicyclic) bond motifs is 1. The molecule has 2 aromatic rings. The molecule has 1 atom stereocenters. The molecule has 0 aromatic heterocycles. The lowest BCUT2D eigenvalue weighted by atomic mass is 9.79. The van der Waals surface area contributed by atoms with Crippen LogP contribution in [0.2, 0.25) is 0 Å². The van der Waals surface area contributed by atoms with Crippen LogP contribution in [0.5, 0.6) is 0 Å². The third kappa shape index (κ3) is 3.34. The fourth-order valence-electron chi connectivity index (χ4n) is 4.99. The van der Waals surface area contributed by atoms with E-state index in [1.54, 1.807) is 0 Å². The lowest BCUT2D eigenvalue weighted by Crippen LogP contribution is -2.48. The van der Waals surface area contributed by atoms with E-state index in [1.807, 2.05) is 43.3 Å². The van der Waals surface area contributed by atoms with Gasteiger partial charge in [0, 0.05) is 17.8 Å². The summed E-state index contributed by atoms with van der Waals surface area (Å²) in [5.74, 6) is 0.408. The van der Waals surface area contributed by atoms with Gasteiger partial charge in [-0.2, -0.15) is 10.1 Å². The molecular formula is C26H31N3O. The number of amides is 1. The molecule has 4 nitrogen and oxygen atoms in total. The minimum absolute atomic E-state index is 0.0693. The summed E-state index contributed by atoms with van der Waals surface area (Å²) in [4.78, 5) is 15.6. The first-order valence-corrected chi connectivity index (χ1v) is 10.8. The number of para-hydroxylation sites is 1. The summed E-state index contributed by atoms with van der Waals surface area (Å²) in [5, 5.41) is 6.02. The second-order valence-corrected chi connectivity index (χ2v) is 9.13. The van der Waals surface area contributed by atoms with Crippen LogP contribution in [0, 0.1) is 6.92 Å². The molecule has 0 N–H and O–H groups in total. The zero-order chi connectivity index (χ0) is 21.6. The number of carbonyl (C=O) groups is 1. The summed E-state index contributed by atoms with van der Waals surface area (Å²) < 4.78 is 0. The van der Waals surface area contributed by atoms with E-state index < -0.39 is 0 Å². The Bertz CT molecular complexity index is 1050. The van der Waals surface area contributed by atoms with Gasteiger partial charge >= 0.3 is 0 Å². The molecule has 0 bridgehead atoms. The summed E-state index contributed by atoms with van der Waals surface area (Å²) in [6, 6.07) is 14.2. The van der Waals surface area contributed by atoms with Gasteiger partial charge < -0.3 is 4.90 Å². The molecule has 4 heteroatoms. The number of nitrogens with zero attached hydrogens (tertiary/aromatic N) is 3. The second kappa shape index (κ2) is 7.42. The van der Waals surface area contributed by atoms with Crippen LogP contribution in [-0.4, -0.2) is 23.7 Å². The average molecular weight is 402 g/mol. The van der Waals surface area contributed by atoms with Crippen LogP contribution in [-0.2, 0) is 4.79 Å².